The average Bonchev–Trinajstić information content (AvgIpc) is 3.64. The molecule has 0 aliphatic rings. The summed E-state index contributed by atoms with van der Waals surface area (Å²) in [5, 5.41) is 3.90. The fourth-order valence-electron chi connectivity index (χ4n) is 6.96. The molecule has 8 aromatic carbocycles. The fourth-order valence-corrected chi connectivity index (χ4v) is 6.96. The minimum absolute atomic E-state index is 0.00184. The molecular weight excluding hydrogens is 621 g/mol. The lowest BCUT2D eigenvalue weighted by Crippen LogP contribution is -2.05. The Morgan fingerprint density at radius 1 is 0.392 bits per heavy atom. The third-order valence-corrected chi connectivity index (χ3v) is 9.27. The quantitative estimate of drug-likeness (QED) is 0.173. The van der Waals surface area contributed by atoms with E-state index in [0.29, 0.717) is 28.5 Å². The molecule has 10 aromatic rings. The Kier molecular flexibility index (Phi) is 5.12. The van der Waals surface area contributed by atoms with E-state index in [2.05, 4.69) is 18.2 Å². The van der Waals surface area contributed by atoms with Crippen molar-refractivity contribution >= 4 is 43.4 Å². The van der Waals surface area contributed by atoms with Crippen LogP contribution in [0.5, 0.6) is 0 Å². The minimum atomic E-state index is -0.513. The third kappa shape index (κ3) is 4.88. The van der Waals surface area contributed by atoms with Gasteiger partial charge in [0.25, 0.3) is 0 Å². The first-order valence-corrected chi connectivity index (χ1v) is 16.6. The highest BCUT2D eigenvalue weighted by atomic mass is 15.1. The van der Waals surface area contributed by atoms with Gasteiger partial charge in [-0.2, -0.15) is 0 Å². The van der Waals surface area contributed by atoms with Gasteiger partial charge in [-0.15, -0.1) is 0 Å². The van der Waals surface area contributed by atoms with E-state index in [1.54, 1.807) is 4.57 Å². The van der Waals surface area contributed by atoms with Gasteiger partial charge in [-0.25, -0.2) is 15.0 Å². The van der Waals surface area contributed by atoms with Crippen molar-refractivity contribution in [2.45, 2.75) is 0 Å². The van der Waals surface area contributed by atoms with Gasteiger partial charge in [0.2, 0.25) is 0 Å². The number of hydrogen-bond donors (Lipinski definition) is 0. The van der Waals surface area contributed by atoms with Gasteiger partial charge in [0.1, 0.15) is 0 Å². The maximum atomic E-state index is 9.39. The zero-order valence-corrected chi connectivity index (χ0v) is 27.0. The molecule has 0 unspecified atom stereocenters. The number of nitrogens with zero attached hydrogens (tertiary/aromatic N) is 4. The fraction of sp³-hybridized carbons (Fsp3) is 0. The third-order valence-electron chi connectivity index (χ3n) is 9.27. The normalized spacial score (nSPS) is 13.7. The van der Waals surface area contributed by atoms with Crippen LogP contribution in [0.1, 0.15) is 11.0 Å². The standard InChI is InChI=1S/C47H30N4/c1-3-15-31(16-4-1)45-48-46(32-17-5-2-6-18-32)50-47(49-45)40-26-14-25-39(36-24-13-21-35-29-33-19-7-8-20-34(33)30-41(35)36)44(40)51-42-27-11-9-22-37(42)38-23-10-12-28-43(38)51/h1-30H/i9D,10D,11D,12D,22D,23D,27D,28D. The second-order valence-corrected chi connectivity index (χ2v) is 12.2. The van der Waals surface area contributed by atoms with Crippen molar-refractivity contribution in [3.05, 3.63) is 182 Å². The van der Waals surface area contributed by atoms with Crippen LogP contribution >= 0.6 is 0 Å². The molecule has 0 aliphatic carbocycles. The summed E-state index contributed by atoms with van der Waals surface area (Å²) in [5.41, 5.74) is 3.69. The van der Waals surface area contributed by atoms with E-state index < -0.39 is 48.3 Å². The van der Waals surface area contributed by atoms with Crippen LogP contribution in [0.2, 0.25) is 0 Å². The van der Waals surface area contributed by atoms with Gasteiger partial charge >= 0.3 is 0 Å². The Morgan fingerprint density at radius 2 is 0.882 bits per heavy atom. The predicted molar refractivity (Wildman–Crippen MR) is 211 cm³/mol. The molecule has 238 valence electrons. The lowest BCUT2D eigenvalue weighted by molar-refractivity contribution is 1.06. The molecule has 2 heterocycles. The van der Waals surface area contributed by atoms with Crippen LogP contribution in [0.25, 0.3) is 94.3 Å². The maximum absolute atomic E-state index is 9.39. The van der Waals surface area contributed by atoms with Crippen LogP contribution in [0.15, 0.2) is 182 Å². The Morgan fingerprint density at radius 3 is 1.53 bits per heavy atom. The van der Waals surface area contributed by atoms with Crippen molar-refractivity contribution in [2.24, 2.45) is 0 Å². The first kappa shape index (κ1) is 21.9. The molecule has 2 aromatic heterocycles. The average molecular weight is 659 g/mol. The largest absolute Gasteiger partial charge is 0.308 e. The molecule has 0 fully saturated rings. The van der Waals surface area contributed by atoms with Crippen LogP contribution in [0, 0.1) is 0 Å². The van der Waals surface area contributed by atoms with E-state index in [1.807, 2.05) is 115 Å². The first-order chi connectivity index (χ1) is 28.6. The zero-order valence-electron chi connectivity index (χ0n) is 35.0. The SMILES string of the molecule is [2H]c1c([2H])c([2H])c2c(c1[2H])c1c([2H])c([2H])c([2H])c([2H])c1n2-c1c(-c2nc(-c3ccccc3)nc(-c3ccccc3)n2)cccc1-c1cccc2cc3ccccc3cc12. The summed E-state index contributed by atoms with van der Waals surface area (Å²) in [6, 6.07) is 39.3. The van der Waals surface area contributed by atoms with Crippen molar-refractivity contribution in [1.29, 1.82) is 0 Å². The number of para-hydroxylation sites is 3. The predicted octanol–water partition coefficient (Wildman–Crippen LogP) is 11.9. The zero-order chi connectivity index (χ0) is 40.7. The van der Waals surface area contributed by atoms with Gasteiger partial charge in [-0.3, -0.25) is 0 Å². The van der Waals surface area contributed by atoms with Gasteiger partial charge < -0.3 is 4.57 Å². The van der Waals surface area contributed by atoms with Crippen LogP contribution in [-0.4, -0.2) is 19.5 Å². The Balaban J connectivity index is 1.43. The van der Waals surface area contributed by atoms with Gasteiger partial charge in [-0.1, -0.05) is 152 Å². The Labute approximate surface area is 306 Å². The lowest BCUT2D eigenvalue weighted by Gasteiger charge is -2.20. The van der Waals surface area contributed by atoms with Crippen molar-refractivity contribution in [3.63, 3.8) is 0 Å². The topological polar surface area (TPSA) is 43.6 Å². The molecule has 0 spiro atoms. The highest BCUT2D eigenvalue weighted by Crippen LogP contribution is 2.43. The second-order valence-electron chi connectivity index (χ2n) is 12.2. The lowest BCUT2D eigenvalue weighted by atomic mass is 9.93. The van der Waals surface area contributed by atoms with E-state index >= 15 is 0 Å². The van der Waals surface area contributed by atoms with Crippen molar-refractivity contribution in [3.8, 4) is 51.0 Å². The van der Waals surface area contributed by atoms with Crippen molar-refractivity contribution < 1.29 is 11.0 Å². The van der Waals surface area contributed by atoms with Crippen LogP contribution in [0.3, 0.4) is 0 Å². The molecule has 0 saturated heterocycles. The van der Waals surface area contributed by atoms with Crippen LogP contribution in [0.4, 0.5) is 0 Å². The van der Waals surface area contributed by atoms with Crippen molar-refractivity contribution in [2.75, 3.05) is 0 Å². The number of rotatable bonds is 5. The van der Waals surface area contributed by atoms with E-state index in [1.165, 1.54) is 0 Å². The summed E-state index contributed by atoms with van der Waals surface area (Å²) in [6.45, 7) is 0. The summed E-state index contributed by atoms with van der Waals surface area (Å²) in [5.74, 6) is 1.04. The van der Waals surface area contributed by atoms with Gasteiger partial charge in [0, 0.05) is 33.0 Å². The highest BCUT2D eigenvalue weighted by Gasteiger charge is 2.23. The molecule has 0 amide bonds. The van der Waals surface area contributed by atoms with Crippen molar-refractivity contribution in [1.82, 2.24) is 19.5 Å². The molecule has 4 heteroatoms. The first-order valence-electron chi connectivity index (χ1n) is 20.6. The molecular formula is C47H30N4. The number of hydrogen-bond acceptors (Lipinski definition) is 3. The highest BCUT2D eigenvalue weighted by molar-refractivity contribution is 6.12. The number of aromatic nitrogens is 4. The summed E-state index contributed by atoms with van der Waals surface area (Å²) in [7, 11) is 0. The Hall–Kier alpha value is -6.91. The smallest absolute Gasteiger partial charge is 0.166 e. The number of benzene rings is 8. The van der Waals surface area contributed by atoms with Crippen LogP contribution in [-0.2, 0) is 0 Å². The van der Waals surface area contributed by atoms with E-state index in [0.717, 1.165) is 38.2 Å². The summed E-state index contributed by atoms with van der Waals surface area (Å²) in [6.07, 6.45) is 0. The summed E-state index contributed by atoms with van der Waals surface area (Å²) < 4.78 is 73.7. The monoisotopic (exact) mass is 658 g/mol. The molecule has 51 heavy (non-hydrogen) atoms. The van der Waals surface area contributed by atoms with Gasteiger partial charge in [-0.05, 0) is 57.4 Å². The molecule has 0 N–H and O–H groups in total. The number of fused-ring (bicyclic) bond motifs is 5. The van der Waals surface area contributed by atoms with Gasteiger partial charge in [0.05, 0.1) is 27.7 Å². The molecule has 0 radical (unpaired) electrons. The minimum Gasteiger partial charge on any atom is -0.308 e. The molecule has 4 nitrogen and oxygen atoms in total. The maximum Gasteiger partial charge on any atom is 0.166 e. The summed E-state index contributed by atoms with van der Waals surface area (Å²) in [4.78, 5) is 15.1. The van der Waals surface area contributed by atoms with Crippen LogP contribution < -0.4 is 0 Å². The molecule has 0 saturated carbocycles. The Bertz CT molecular complexity index is 3230. The van der Waals surface area contributed by atoms with E-state index in [-0.39, 0.29) is 27.6 Å². The second kappa shape index (κ2) is 11.9. The van der Waals surface area contributed by atoms with E-state index in [9.17, 15) is 2.74 Å². The molecule has 0 bridgehead atoms. The summed E-state index contributed by atoms with van der Waals surface area (Å²) >= 11 is 0. The molecule has 0 atom stereocenters. The molecule has 0 aliphatic heterocycles. The van der Waals surface area contributed by atoms with E-state index in [4.69, 9.17) is 23.2 Å². The molecule has 10 rings (SSSR count). The van der Waals surface area contributed by atoms with Gasteiger partial charge in [0.15, 0.2) is 17.5 Å².